The minimum atomic E-state index is -0.113. The summed E-state index contributed by atoms with van der Waals surface area (Å²) in [7, 11) is 2.13. The van der Waals surface area contributed by atoms with Crippen LogP contribution in [0.25, 0.3) is 0 Å². The Balaban J connectivity index is 2.73. The molecule has 1 rings (SSSR count). The number of hydrogen-bond acceptors (Lipinski definition) is 2. The van der Waals surface area contributed by atoms with Crippen molar-refractivity contribution in [2.24, 2.45) is 0 Å². The molecule has 0 aliphatic heterocycles. The lowest BCUT2D eigenvalue weighted by molar-refractivity contribution is 0.257. The molecule has 1 N–H and O–H groups in total. The molecule has 0 heterocycles. The Morgan fingerprint density at radius 3 is 2.53 bits per heavy atom. The minimum absolute atomic E-state index is 0.113. The molecule has 0 saturated heterocycles. The summed E-state index contributed by atoms with van der Waals surface area (Å²) in [6, 6.07) is 6.32. The van der Waals surface area contributed by atoms with Crippen LogP contribution < -0.4 is 5.32 Å². The van der Waals surface area contributed by atoms with Gasteiger partial charge in [-0.2, -0.15) is 0 Å². The molecule has 1 atom stereocenters. The van der Waals surface area contributed by atoms with Gasteiger partial charge in [-0.3, -0.25) is 0 Å². The van der Waals surface area contributed by atoms with Gasteiger partial charge in [0.15, 0.2) is 0 Å². The van der Waals surface area contributed by atoms with Crippen molar-refractivity contribution in [2.45, 2.75) is 46.2 Å². The number of benzene rings is 1. The number of nitrogens with one attached hydrogen (secondary N) is 1. The van der Waals surface area contributed by atoms with Gasteiger partial charge in [-0.05, 0) is 64.5 Å². The van der Waals surface area contributed by atoms with Crippen LogP contribution in [0.2, 0.25) is 0 Å². The van der Waals surface area contributed by atoms with Gasteiger partial charge in [0.25, 0.3) is 0 Å². The summed E-state index contributed by atoms with van der Waals surface area (Å²) in [5.41, 5.74) is 1.75. The smallest absolute Gasteiger partial charge is 0.126 e. The van der Waals surface area contributed by atoms with Crippen LogP contribution in [-0.2, 0) is 0 Å². The summed E-state index contributed by atoms with van der Waals surface area (Å²) in [5, 5.41) is 3.45. The summed E-state index contributed by atoms with van der Waals surface area (Å²) >= 11 is 0. The highest BCUT2D eigenvalue weighted by atomic mass is 19.1. The highest BCUT2D eigenvalue weighted by molar-refractivity contribution is 5.25. The molecule has 0 aliphatic rings. The molecule has 1 aromatic carbocycles. The zero-order valence-corrected chi connectivity index (χ0v) is 12.8. The van der Waals surface area contributed by atoms with E-state index in [1.807, 2.05) is 12.1 Å². The fraction of sp³-hybridized carbons (Fsp3) is 0.625. The Bertz CT molecular complexity index is 390. The first kappa shape index (κ1) is 16.1. The highest BCUT2D eigenvalue weighted by Gasteiger charge is 2.13. The first-order chi connectivity index (χ1) is 8.95. The predicted molar refractivity (Wildman–Crippen MR) is 79.9 cm³/mol. The summed E-state index contributed by atoms with van der Waals surface area (Å²) in [4.78, 5) is 2.31. The number of aryl methyl sites for hydroxylation is 1. The van der Waals surface area contributed by atoms with E-state index < -0.39 is 0 Å². The van der Waals surface area contributed by atoms with Gasteiger partial charge in [0.1, 0.15) is 5.82 Å². The molecule has 1 aromatic rings. The fourth-order valence-electron chi connectivity index (χ4n) is 2.05. The van der Waals surface area contributed by atoms with Gasteiger partial charge in [0.05, 0.1) is 0 Å². The first-order valence-corrected chi connectivity index (χ1v) is 7.15. The minimum Gasteiger partial charge on any atom is -0.310 e. The second-order valence-corrected chi connectivity index (χ2v) is 5.48. The number of halogens is 1. The van der Waals surface area contributed by atoms with E-state index in [2.05, 4.69) is 38.0 Å². The topological polar surface area (TPSA) is 15.3 Å². The van der Waals surface area contributed by atoms with E-state index in [-0.39, 0.29) is 11.9 Å². The third kappa shape index (κ3) is 4.92. The van der Waals surface area contributed by atoms with Crippen molar-refractivity contribution >= 4 is 0 Å². The third-order valence-electron chi connectivity index (χ3n) is 3.70. The summed E-state index contributed by atoms with van der Waals surface area (Å²) in [5.74, 6) is -0.113. The van der Waals surface area contributed by atoms with Gasteiger partial charge in [0, 0.05) is 12.1 Å². The molecule has 0 amide bonds. The van der Waals surface area contributed by atoms with E-state index >= 15 is 0 Å². The van der Waals surface area contributed by atoms with Crippen LogP contribution in [0.3, 0.4) is 0 Å². The fourth-order valence-corrected chi connectivity index (χ4v) is 2.05. The maximum Gasteiger partial charge on any atom is 0.126 e. The lowest BCUT2D eigenvalue weighted by atomic mass is 10.0. The van der Waals surface area contributed by atoms with Gasteiger partial charge in [-0.1, -0.05) is 19.1 Å². The molecule has 0 fully saturated rings. The zero-order valence-electron chi connectivity index (χ0n) is 12.8. The molecule has 19 heavy (non-hydrogen) atoms. The van der Waals surface area contributed by atoms with Crippen LogP contribution in [0, 0.1) is 12.7 Å². The van der Waals surface area contributed by atoms with Crippen molar-refractivity contribution in [1.29, 1.82) is 0 Å². The van der Waals surface area contributed by atoms with Gasteiger partial charge in [-0.15, -0.1) is 0 Å². The van der Waals surface area contributed by atoms with Crippen LogP contribution in [-0.4, -0.2) is 31.1 Å². The highest BCUT2D eigenvalue weighted by Crippen LogP contribution is 2.20. The third-order valence-corrected chi connectivity index (χ3v) is 3.70. The molecular formula is C16H27FN2. The Hall–Kier alpha value is -0.930. The van der Waals surface area contributed by atoms with Gasteiger partial charge in [-0.25, -0.2) is 4.39 Å². The Kier molecular flexibility index (Phi) is 6.46. The molecule has 0 spiro atoms. The Morgan fingerprint density at radius 1 is 1.32 bits per heavy atom. The van der Waals surface area contributed by atoms with Crippen molar-refractivity contribution in [2.75, 3.05) is 20.1 Å². The number of rotatable bonds is 7. The Morgan fingerprint density at radius 2 is 2.00 bits per heavy atom. The second kappa shape index (κ2) is 7.61. The van der Waals surface area contributed by atoms with Gasteiger partial charge < -0.3 is 10.2 Å². The lowest BCUT2D eigenvalue weighted by Crippen LogP contribution is -2.31. The number of nitrogens with zero attached hydrogens (tertiary/aromatic N) is 1. The summed E-state index contributed by atoms with van der Waals surface area (Å²) < 4.78 is 13.7. The maximum atomic E-state index is 13.7. The van der Waals surface area contributed by atoms with E-state index in [9.17, 15) is 4.39 Å². The molecule has 108 valence electrons. The molecular weight excluding hydrogens is 239 g/mol. The van der Waals surface area contributed by atoms with Crippen molar-refractivity contribution in [3.05, 3.63) is 35.1 Å². The van der Waals surface area contributed by atoms with Crippen LogP contribution in [0.5, 0.6) is 0 Å². The average Bonchev–Trinajstić information content (AvgIpc) is 2.37. The molecule has 2 nitrogen and oxygen atoms in total. The largest absolute Gasteiger partial charge is 0.310 e. The predicted octanol–water partition coefficient (Wildman–Crippen LogP) is 3.52. The van der Waals surface area contributed by atoms with Crippen LogP contribution in [0.15, 0.2) is 18.2 Å². The van der Waals surface area contributed by atoms with E-state index in [0.717, 1.165) is 25.1 Å². The number of hydrogen-bond donors (Lipinski definition) is 1. The van der Waals surface area contributed by atoms with Crippen LogP contribution in [0.4, 0.5) is 4.39 Å². The molecule has 1 unspecified atom stereocenters. The van der Waals surface area contributed by atoms with E-state index in [0.29, 0.717) is 11.6 Å². The van der Waals surface area contributed by atoms with Gasteiger partial charge >= 0.3 is 0 Å². The maximum absolute atomic E-state index is 13.7. The van der Waals surface area contributed by atoms with Crippen molar-refractivity contribution in [3.63, 3.8) is 0 Å². The van der Waals surface area contributed by atoms with Crippen LogP contribution in [0.1, 0.15) is 44.4 Å². The van der Waals surface area contributed by atoms with E-state index in [1.165, 1.54) is 0 Å². The monoisotopic (exact) mass is 266 g/mol. The molecule has 0 aliphatic carbocycles. The van der Waals surface area contributed by atoms with Crippen LogP contribution >= 0.6 is 0 Å². The van der Waals surface area contributed by atoms with Crippen molar-refractivity contribution < 1.29 is 4.39 Å². The molecule has 0 bridgehead atoms. The zero-order chi connectivity index (χ0) is 14.4. The summed E-state index contributed by atoms with van der Waals surface area (Å²) in [6.07, 6.45) is 0.991. The van der Waals surface area contributed by atoms with Gasteiger partial charge in [0.2, 0.25) is 0 Å². The van der Waals surface area contributed by atoms with Crippen molar-refractivity contribution in [3.8, 4) is 0 Å². The van der Waals surface area contributed by atoms with E-state index in [4.69, 9.17) is 0 Å². The van der Waals surface area contributed by atoms with E-state index in [1.54, 1.807) is 13.0 Å². The lowest BCUT2D eigenvalue weighted by Gasteiger charge is -2.25. The quantitative estimate of drug-likeness (QED) is 0.812. The second-order valence-electron chi connectivity index (χ2n) is 5.48. The Labute approximate surface area is 117 Å². The summed E-state index contributed by atoms with van der Waals surface area (Å²) in [6.45, 7) is 10.2. The molecule has 0 radical (unpaired) electrons. The first-order valence-electron chi connectivity index (χ1n) is 7.15. The standard InChI is InChI=1S/C16H27FN2/c1-6-18-16(9-10-19(5)12(2)3)14-8-7-13(4)15(17)11-14/h7-8,11-12,16,18H,6,9-10H2,1-5H3. The molecule has 0 aromatic heterocycles. The molecule has 3 heteroatoms. The SMILES string of the molecule is CCNC(CCN(C)C(C)C)c1ccc(C)c(F)c1. The average molecular weight is 266 g/mol. The van der Waals surface area contributed by atoms with Crippen molar-refractivity contribution in [1.82, 2.24) is 10.2 Å². The normalized spacial score (nSPS) is 13.3. The molecule has 0 saturated carbocycles.